The lowest BCUT2D eigenvalue weighted by Crippen LogP contribution is -2.49. The molecule has 1 aliphatic heterocycles. The van der Waals surface area contributed by atoms with Gasteiger partial charge in [-0.1, -0.05) is 56.1 Å². The van der Waals surface area contributed by atoms with Crippen LogP contribution in [0.25, 0.3) is 0 Å². The summed E-state index contributed by atoms with van der Waals surface area (Å²) in [6.45, 7) is 0.668. The number of aliphatic hydroxyl groups is 2. The molecule has 1 saturated heterocycles. The van der Waals surface area contributed by atoms with E-state index >= 15 is 0 Å². The van der Waals surface area contributed by atoms with Crippen molar-refractivity contribution >= 4 is 31.9 Å². The van der Waals surface area contributed by atoms with Crippen LogP contribution in [0.2, 0.25) is 0 Å². The average Bonchev–Trinajstić information content (AvgIpc) is 3.34. The third-order valence-corrected chi connectivity index (χ3v) is 7.39. The van der Waals surface area contributed by atoms with Crippen molar-refractivity contribution in [3.63, 3.8) is 0 Å². The minimum atomic E-state index is -1.41. The SMILES string of the molecule is COc1cc(OC)cc(C(O)(c2ccc(Br)cc2)C2CCCN2C(O)c2ccc(Br)cc2)c1. The lowest BCUT2D eigenvalue weighted by Gasteiger charge is -2.42. The van der Waals surface area contributed by atoms with Crippen molar-refractivity contribution in [1.29, 1.82) is 0 Å². The molecule has 0 amide bonds. The summed E-state index contributed by atoms with van der Waals surface area (Å²) in [4.78, 5) is 1.98. The van der Waals surface area contributed by atoms with E-state index < -0.39 is 11.8 Å². The number of rotatable bonds is 7. The maximum atomic E-state index is 12.5. The Morgan fingerprint density at radius 2 is 1.42 bits per heavy atom. The topological polar surface area (TPSA) is 62.2 Å². The van der Waals surface area contributed by atoms with Crippen LogP contribution in [0.4, 0.5) is 0 Å². The molecular formula is C26H27Br2NO4. The van der Waals surface area contributed by atoms with Crippen LogP contribution >= 0.6 is 31.9 Å². The highest BCUT2D eigenvalue weighted by Gasteiger charge is 2.47. The van der Waals surface area contributed by atoms with E-state index in [-0.39, 0.29) is 6.04 Å². The first-order chi connectivity index (χ1) is 15.9. The fourth-order valence-electron chi connectivity index (χ4n) is 4.64. The molecule has 0 aliphatic carbocycles. The molecule has 0 aromatic heterocycles. The number of benzene rings is 3. The minimum Gasteiger partial charge on any atom is -0.497 e. The van der Waals surface area contributed by atoms with Crippen LogP contribution in [0.3, 0.4) is 0 Å². The standard InChI is InChI=1S/C26H27Br2NO4/c1-32-22-14-19(15-23(16-22)33-2)26(31,18-7-11-21(28)12-8-18)24-4-3-13-29(24)25(30)17-5-9-20(27)10-6-17/h5-12,14-16,24-25,30-31H,3-4,13H2,1-2H3. The van der Waals surface area contributed by atoms with E-state index in [1.165, 1.54) is 0 Å². The summed E-state index contributed by atoms with van der Waals surface area (Å²) < 4.78 is 12.9. The van der Waals surface area contributed by atoms with Gasteiger partial charge in [-0.15, -0.1) is 0 Å². The Hall–Kier alpha value is -1.90. The Kier molecular flexibility index (Phi) is 7.46. The summed E-state index contributed by atoms with van der Waals surface area (Å²) in [5.74, 6) is 1.19. The van der Waals surface area contributed by atoms with Gasteiger partial charge in [-0.25, -0.2) is 0 Å². The Labute approximate surface area is 211 Å². The Balaban J connectivity index is 1.84. The normalized spacial score (nSPS) is 19.2. The summed E-state index contributed by atoms with van der Waals surface area (Å²) in [6.07, 6.45) is 0.734. The van der Waals surface area contributed by atoms with Gasteiger partial charge in [0.15, 0.2) is 0 Å². The van der Waals surface area contributed by atoms with E-state index in [9.17, 15) is 10.2 Å². The first kappa shape index (κ1) is 24.2. The zero-order valence-corrected chi connectivity index (χ0v) is 21.7. The fourth-order valence-corrected chi connectivity index (χ4v) is 5.17. The number of hydrogen-bond acceptors (Lipinski definition) is 5. The molecule has 7 heteroatoms. The number of methoxy groups -OCH3 is 2. The molecule has 174 valence electrons. The molecule has 3 atom stereocenters. The zero-order chi connectivity index (χ0) is 23.6. The fraction of sp³-hybridized carbons (Fsp3) is 0.308. The minimum absolute atomic E-state index is 0.367. The quantitative estimate of drug-likeness (QED) is 0.382. The maximum Gasteiger partial charge on any atom is 0.133 e. The molecule has 4 rings (SSSR count). The molecule has 5 nitrogen and oxygen atoms in total. The van der Waals surface area contributed by atoms with Crippen LogP contribution in [0.1, 0.15) is 35.8 Å². The lowest BCUT2D eigenvalue weighted by molar-refractivity contribution is -0.0772. The van der Waals surface area contributed by atoms with Gasteiger partial charge in [0.1, 0.15) is 23.3 Å². The number of nitrogens with zero attached hydrogens (tertiary/aromatic N) is 1. The van der Waals surface area contributed by atoms with Crippen LogP contribution in [0.5, 0.6) is 11.5 Å². The first-order valence-electron chi connectivity index (χ1n) is 10.8. The number of likely N-dealkylation sites (tertiary alicyclic amines) is 1. The van der Waals surface area contributed by atoms with E-state index in [0.717, 1.165) is 32.9 Å². The van der Waals surface area contributed by atoms with Gasteiger partial charge in [0.25, 0.3) is 0 Å². The molecule has 0 spiro atoms. The van der Waals surface area contributed by atoms with Crippen molar-refractivity contribution in [3.8, 4) is 11.5 Å². The zero-order valence-electron chi connectivity index (χ0n) is 18.5. The second kappa shape index (κ2) is 10.2. The molecule has 2 N–H and O–H groups in total. The van der Waals surface area contributed by atoms with Crippen LogP contribution < -0.4 is 9.47 Å². The van der Waals surface area contributed by atoms with Crippen LogP contribution in [0.15, 0.2) is 75.7 Å². The lowest BCUT2D eigenvalue weighted by atomic mass is 9.78. The van der Waals surface area contributed by atoms with E-state index in [1.807, 2.05) is 65.6 Å². The molecule has 0 bridgehead atoms. The van der Waals surface area contributed by atoms with Crippen LogP contribution in [-0.2, 0) is 5.60 Å². The number of hydrogen-bond donors (Lipinski definition) is 2. The van der Waals surface area contributed by atoms with E-state index in [2.05, 4.69) is 31.9 Å². The molecular weight excluding hydrogens is 550 g/mol. The van der Waals surface area contributed by atoms with Crippen molar-refractivity contribution in [1.82, 2.24) is 4.90 Å². The Bertz CT molecular complexity index is 1070. The largest absolute Gasteiger partial charge is 0.497 e. The number of ether oxygens (including phenoxy) is 2. The summed E-state index contributed by atoms with van der Waals surface area (Å²) in [5, 5.41) is 23.8. The molecule has 3 aromatic rings. The molecule has 0 radical (unpaired) electrons. The second-order valence-corrected chi connectivity index (χ2v) is 10.0. The molecule has 1 aliphatic rings. The van der Waals surface area contributed by atoms with Gasteiger partial charge in [-0.2, -0.15) is 0 Å². The van der Waals surface area contributed by atoms with Crippen LogP contribution in [0, 0.1) is 0 Å². The van der Waals surface area contributed by atoms with E-state index in [1.54, 1.807) is 20.3 Å². The van der Waals surface area contributed by atoms with Crippen molar-refractivity contribution in [2.75, 3.05) is 20.8 Å². The van der Waals surface area contributed by atoms with Crippen molar-refractivity contribution in [3.05, 3.63) is 92.4 Å². The third kappa shape index (κ3) is 4.84. The van der Waals surface area contributed by atoms with Crippen molar-refractivity contribution in [2.24, 2.45) is 0 Å². The van der Waals surface area contributed by atoms with Gasteiger partial charge in [0.05, 0.1) is 14.2 Å². The molecule has 33 heavy (non-hydrogen) atoms. The second-order valence-electron chi connectivity index (χ2n) is 8.20. The van der Waals surface area contributed by atoms with E-state index in [4.69, 9.17) is 9.47 Å². The molecule has 1 heterocycles. The Morgan fingerprint density at radius 3 is 1.97 bits per heavy atom. The van der Waals surface area contributed by atoms with E-state index in [0.29, 0.717) is 23.6 Å². The smallest absolute Gasteiger partial charge is 0.133 e. The van der Waals surface area contributed by atoms with Gasteiger partial charge in [0.2, 0.25) is 0 Å². The predicted molar refractivity (Wildman–Crippen MR) is 136 cm³/mol. The summed E-state index contributed by atoms with van der Waals surface area (Å²) >= 11 is 6.95. The van der Waals surface area contributed by atoms with Gasteiger partial charge < -0.3 is 19.7 Å². The van der Waals surface area contributed by atoms with Crippen LogP contribution in [-0.4, -0.2) is 41.9 Å². The molecule has 3 aromatic carbocycles. The Morgan fingerprint density at radius 1 is 0.879 bits per heavy atom. The third-order valence-electron chi connectivity index (χ3n) is 6.33. The molecule has 3 unspecified atom stereocenters. The highest BCUT2D eigenvalue weighted by atomic mass is 79.9. The van der Waals surface area contributed by atoms with Gasteiger partial charge >= 0.3 is 0 Å². The summed E-state index contributed by atoms with van der Waals surface area (Å²) in [7, 11) is 3.19. The highest BCUT2D eigenvalue weighted by Crippen LogP contribution is 2.45. The summed E-state index contributed by atoms with van der Waals surface area (Å²) in [5.41, 5.74) is 0.767. The monoisotopic (exact) mass is 575 g/mol. The highest BCUT2D eigenvalue weighted by molar-refractivity contribution is 9.10. The predicted octanol–water partition coefficient (Wildman–Crippen LogP) is 5.62. The number of aliphatic hydroxyl groups excluding tert-OH is 1. The molecule has 0 saturated carbocycles. The van der Waals surface area contributed by atoms with Crippen molar-refractivity contribution in [2.45, 2.75) is 30.7 Å². The van der Waals surface area contributed by atoms with Gasteiger partial charge in [0, 0.05) is 27.6 Å². The summed E-state index contributed by atoms with van der Waals surface area (Å²) in [6, 6.07) is 20.4. The number of halogens is 2. The average molecular weight is 577 g/mol. The van der Waals surface area contributed by atoms with Gasteiger partial charge in [-0.3, -0.25) is 4.90 Å². The maximum absolute atomic E-state index is 12.5. The van der Waals surface area contributed by atoms with Gasteiger partial charge in [-0.05, 0) is 65.9 Å². The first-order valence-corrected chi connectivity index (χ1v) is 12.4. The molecule has 1 fully saturated rings. The van der Waals surface area contributed by atoms with Crippen molar-refractivity contribution < 1.29 is 19.7 Å².